The summed E-state index contributed by atoms with van der Waals surface area (Å²) in [4.78, 5) is 11.8. The average Bonchev–Trinajstić information content (AvgIpc) is 2.30. The Morgan fingerprint density at radius 2 is 2.00 bits per heavy atom. The first-order valence-electron chi connectivity index (χ1n) is 5.68. The molecule has 1 N–H and O–H groups in total. The van der Waals surface area contributed by atoms with Crippen LogP contribution in [0, 0.1) is 5.82 Å². The van der Waals surface area contributed by atoms with Gasteiger partial charge in [-0.25, -0.2) is 9.40 Å². The molecule has 0 saturated carbocycles. The van der Waals surface area contributed by atoms with Crippen LogP contribution in [0.5, 0.6) is 0 Å². The maximum Gasteiger partial charge on any atom is 0.268 e. The average molecular weight is 301 g/mol. The van der Waals surface area contributed by atoms with E-state index in [4.69, 9.17) is 0 Å². The molecule has 1 heterocycles. The molecule has 1 fully saturated rings. The number of nitrogens with zero attached hydrogens (tertiary/aromatic N) is 1. The van der Waals surface area contributed by atoms with Crippen LogP contribution in [-0.2, 0) is 0 Å². The van der Waals surface area contributed by atoms with Crippen molar-refractivity contribution in [1.29, 1.82) is 0 Å². The van der Waals surface area contributed by atoms with E-state index < -0.39 is 5.82 Å². The van der Waals surface area contributed by atoms with E-state index in [9.17, 15) is 9.18 Å². The van der Waals surface area contributed by atoms with Crippen LogP contribution < -0.4 is 5.43 Å². The Balaban J connectivity index is 2.03. The van der Waals surface area contributed by atoms with Gasteiger partial charge in [0.15, 0.2) is 0 Å². The van der Waals surface area contributed by atoms with E-state index in [2.05, 4.69) is 21.4 Å². The number of hydrogen-bond acceptors (Lipinski definition) is 2. The Labute approximate surface area is 108 Å². The first-order valence-corrected chi connectivity index (χ1v) is 6.47. The minimum Gasteiger partial charge on any atom is -0.285 e. The van der Waals surface area contributed by atoms with E-state index >= 15 is 0 Å². The highest BCUT2D eigenvalue weighted by molar-refractivity contribution is 9.10. The van der Waals surface area contributed by atoms with E-state index in [0.29, 0.717) is 4.47 Å². The molecule has 0 unspecified atom stereocenters. The van der Waals surface area contributed by atoms with Crippen LogP contribution in [0.3, 0.4) is 0 Å². The quantitative estimate of drug-likeness (QED) is 0.911. The second kappa shape index (κ2) is 5.60. The van der Waals surface area contributed by atoms with Gasteiger partial charge in [0, 0.05) is 17.6 Å². The molecule has 1 aromatic rings. The van der Waals surface area contributed by atoms with E-state index in [0.717, 1.165) is 25.9 Å². The number of hydrazine groups is 1. The van der Waals surface area contributed by atoms with Crippen molar-refractivity contribution >= 4 is 21.8 Å². The van der Waals surface area contributed by atoms with E-state index in [1.807, 2.05) is 5.01 Å². The number of benzene rings is 1. The largest absolute Gasteiger partial charge is 0.285 e. The first-order chi connectivity index (χ1) is 8.16. The van der Waals surface area contributed by atoms with Gasteiger partial charge in [0.1, 0.15) is 5.82 Å². The number of hydrogen-bond donors (Lipinski definition) is 1. The fraction of sp³-hybridized carbons (Fsp3) is 0.417. The molecule has 0 aromatic heterocycles. The van der Waals surface area contributed by atoms with Crippen molar-refractivity contribution in [2.75, 3.05) is 13.1 Å². The monoisotopic (exact) mass is 300 g/mol. The zero-order chi connectivity index (χ0) is 12.3. The molecule has 3 nitrogen and oxygen atoms in total. The Bertz CT molecular complexity index is 419. The molecular formula is C12H14BrFN2O. The van der Waals surface area contributed by atoms with Gasteiger partial charge in [-0.05, 0) is 31.0 Å². The second-order valence-electron chi connectivity index (χ2n) is 4.11. The molecule has 92 valence electrons. The molecule has 0 aliphatic carbocycles. The molecule has 17 heavy (non-hydrogen) atoms. The van der Waals surface area contributed by atoms with Crippen LogP contribution in [0.15, 0.2) is 22.7 Å². The second-order valence-corrected chi connectivity index (χ2v) is 5.03. The van der Waals surface area contributed by atoms with Crippen LogP contribution in [0.25, 0.3) is 0 Å². The molecule has 5 heteroatoms. The van der Waals surface area contributed by atoms with Gasteiger partial charge in [-0.15, -0.1) is 0 Å². The van der Waals surface area contributed by atoms with Crippen molar-refractivity contribution in [3.05, 3.63) is 34.1 Å². The zero-order valence-electron chi connectivity index (χ0n) is 9.38. The van der Waals surface area contributed by atoms with Crippen LogP contribution in [-0.4, -0.2) is 24.0 Å². The number of rotatable bonds is 2. The number of amides is 1. The normalized spacial score (nSPS) is 16.8. The summed E-state index contributed by atoms with van der Waals surface area (Å²) in [6.07, 6.45) is 3.34. The molecule has 1 aliphatic rings. The Hall–Kier alpha value is -0.940. The van der Waals surface area contributed by atoms with Gasteiger partial charge in [-0.1, -0.05) is 22.4 Å². The summed E-state index contributed by atoms with van der Waals surface area (Å²) >= 11 is 3.16. The smallest absolute Gasteiger partial charge is 0.268 e. The highest BCUT2D eigenvalue weighted by Gasteiger charge is 2.16. The maximum atomic E-state index is 13.5. The van der Waals surface area contributed by atoms with Crippen molar-refractivity contribution in [3.8, 4) is 0 Å². The SMILES string of the molecule is O=C(NN1CCCCC1)c1ccc(Br)cc1F. The molecule has 1 amide bonds. The number of carbonyl (C=O) groups excluding carboxylic acids is 1. The summed E-state index contributed by atoms with van der Waals surface area (Å²) in [5, 5.41) is 1.85. The molecule has 0 atom stereocenters. The number of carbonyl (C=O) groups is 1. The predicted octanol–water partition coefficient (Wildman–Crippen LogP) is 2.72. The minimum absolute atomic E-state index is 0.0822. The van der Waals surface area contributed by atoms with Crippen LogP contribution in [0.1, 0.15) is 29.6 Å². The van der Waals surface area contributed by atoms with Crippen LogP contribution in [0.2, 0.25) is 0 Å². The highest BCUT2D eigenvalue weighted by atomic mass is 79.9. The Morgan fingerprint density at radius 1 is 1.29 bits per heavy atom. The summed E-state index contributed by atoms with van der Waals surface area (Å²) in [6, 6.07) is 4.44. The van der Waals surface area contributed by atoms with E-state index in [-0.39, 0.29) is 11.5 Å². The standard InChI is InChI=1S/C12H14BrFN2O/c13-9-4-5-10(11(14)8-9)12(17)15-16-6-2-1-3-7-16/h4-5,8H,1-3,6-7H2,(H,15,17). The molecule has 1 aliphatic heterocycles. The van der Waals surface area contributed by atoms with E-state index in [1.54, 1.807) is 6.07 Å². The van der Waals surface area contributed by atoms with Crippen LogP contribution in [0.4, 0.5) is 4.39 Å². The molecule has 0 spiro atoms. The summed E-state index contributed by atoms with van der Waals surface area (Å²) in [5.41, 5.74) is 2.82. The number of nitrogens with one attached hydrogen (secondary N) is 1. The van der Waals surface area contributed by atoms with Gasteiger partial charge in [-0.3, -0.25) is 10.2 Å². The number of piperidine rings is 1. The lowest BCUT2D eigenvalue weighted by molar-refractivity contribution is 0.0746. The Kier molecular flexibility index (Phi) is 4.12. The van der Waals surface area contributed by atoms with E-state index in [1.165, 1.54) is 18.6 Å². The highest BCUT2D eigenvalue weighted by Crippen LogP contribution is 2.15. The third kappa shape index (κ3) is 3.26. The van der Waals surface area contributed by atoms with Gasteiger partial charge >= 0.3 is 0 Å². The van der Waals surface area contributed by atoms with Crippen molar-refractivity contribution in [2.24, 2.45) is 0 Å². The summed E-state index contributed by atoms with van der Waals surface area (Å²) in [7, 11) is 0. The van der Waals surface area contributed by atoms with Gasteiger partial charge < -0.3 is 0 Å². The van der Waals surface area contributed by atoms with Crippen LogP contribution >= 0.6 is 15.9 Å². The van der Waals surface area contributed by atoms with Gasteiger partial charge in [-0.2, -0.15) is 0 Å². The molecule has 2 rings (SSSR count). The van der Waals surface area contributed by atoms with Crippen molar-refractivity contribution in [1.82, 2.24) is 10.4 Å². The lowest BCUT2D eigenvalue weighted by atomic mass is 10.1. The molecule has 0 bridgehead atoms. The topological polar surface area (TPSA) is 32.3 Å². The van der Waals surface area contributed by atoms with Gasteiger partial charge in [0.2, 0.25) is 0 Å². The molecule has 1 saturated heterocycles. The minimum atomic E-state index is -0.506. The molecule has 0 radical (unpaired) electrons. The number of halogens is 2. The molecule has 1 aromatic carbocycles. The zero-order valence-corrected chi connectivity index (χ0v) is 11.0. The third-order valence-electron chi connectivity index (χ3n) is 2.79. The van der Waals surface area contributed by atoms with Crippen molar-refractivity contribution in [2.45, 2.75) is 19.3 Å². The third-order valence-corrected chi connectivity index (χ3v) is 3.28. The summed E-state index contributed by atoms with van der Waals surface area (Å²) in [5.74, 6) is -0.884. The maximum absolute atomic E-state index is 13.5. The van der Waals surface area contributed by atoms with Gasteiger partial charge in [0.05, 0.1) is 5.56 Å². The fourth-order valence-electron chi connectivity index (χ4n) is 1.88. The lowest BCUT2D eigenvalue weighted by Gasteiger charge is -2.26. The van der Waals surface area contributed by atoms with Crippen molar-refractivity contribution < 1.29 is 9.18 Å². The summed E-state index contributed by atoms with van der Waals surface area (Å²) in [6.45, 7) is 1.67. The Morgan fingerprint density at radius 3 is 2.65 bits per heavy atom. The predicted molar refractivity (Wildman–Crippen MR) is 67.0 cm³/mol. The molecular weight excluding hydrogens is 287 g/mol. The summed E-state index contributed by atoms with van der Waals surface area (Å²) < 4.78 is 14.2. The van der Waals surface area contributed by atoms with Crippen molar-refractivity contribution in [3.63, 3.8) is 0 Å². The first kappa shape index (κ1) is 12.5. The lowest BCUT2D eigenvalue weighted by Crippen LogP contribution is -2.45. The fourth-order valence-corrected chi connectivity index (χ4v) is 2.22. The van der Waals surface area contributed by atoms with Gasteiger partial charge in [0.25, 0.3) is 5.91 Å².